The van der Waals surface area contributed by atoms with E-state index in [1.807, 2.05) is 5.43 Å². The zero-order valence-electron chi connectivity index (χ0n) is 7.64. The third-order valence-corrected chi connectivity index (χ3v) is 1.76. The first-order valence-electron chi connectivity index (χ1n) is 4.00. The number of nitrogens with zero attached hydrogens (tertiary/aromatic N) is 1. The van der Waals surface area contributed by atoms with Crippen LogP contribution in [0.3, 0.4) is 0 Å². The normalized spacial score (nSPS) is 9.67. The number of hydrazine groups is 1. The van der Waals surface area contributed by atoms with Gasteiger partial charge in [-0.25, -0.2) is 5.84 Å². The Kier molecular flexibility index (Phi) is 3.19. The summed E-state index contributed by atoms with van der Waals surface area (Å²) in [6.45, 7) is 0. The van der Waals surface area contributed by atoms with Gasteiger partial charge in [-0.2, -0.15) is 0 Å². The smallest absolute Gasteiger partial charge is 0.310 e. The van der Waals surface area contributed by atoms with Crippen molar-refractivity contribution in [3.8, 4) is 5.75 Å². The predicted octanol–water partition coefficient (Wildman–Crippen LogP) is -0.167. The van der Waals surface area contributed by atoms with Gasteiger partial charge in [0, 0.05) is 6.07 Å². The fourth-order valence-electron chi connectivity index (χ4n) is 1.06. The molecule has 4 N–H and O–H groups in total. The van der Waals surface area contributed by atoms with Gasteiger partial charge in [0.2, 0.25) is 5.91 Å². The maximum atomic E-state index is 10.9. The lowest BCUT2D eigenvalue weighted by Gasteiger charge is -2.01. The molecule has 1 rings (SSSR count). The van der Waals surface area contributed by atoms with E-state index in [1.165, 1.54) is 6.07 Å². The van der Waals surface area contributed by atoms with Crippen molar-refractivity contribution in [2.45, 2.75) is 6.42 Å². The molecular weight excluding hydrogens is 202 g/mol. The van der Waals surface area contributed by atoms with Gasteiger partial charge in [0.15, 0.2) is 5.75 Å². The molecule has 0 spiro atoms. The lowest BCUT2D eigenvalue weighted by Crippen LogP contribution is -2.31. The number of phenolic OH excluding ortho intramolecular Hbond substituents is 1. The number of nitrogens with one attached hydrogen (secondary N) is 1. The summed E-state index contributed by atoms with van der Waals surface area (Å²) >= 11 is 0. The molecule has 80 valence electrons. The summed E-state index contributed by atoms with van der Waals surface area (Å²) in [5.41, 5.74) is 1.88. The van der Waals surface area contributed by atoms with Crippen molar-refractivity contribution in [1.29, 1.82) is 0 Å². The van der Waals surface area contributed by atoms with Crippen LogP contribution in [0.15, 0.2) is 18.2 Å². The summed E-state index contributed by atoms with van der Waals surface area (Å²) in [4.78, 5) is 20.6. The number of benzene rings is 1. The summed E-state index contributed by atoms with van der Waals surface area (Å²) in [6.07, 6.45) is -0.0718. The van der Waals surface area contributed by atoms with Crippen LogP contribution in [0.1, 0.15) is 5.56 Å². The van der Waals surface area contributed by atoms with Gasteiger partial charge in [-0.15, -0.1) is 0 Å². The van der Waals surface area contributed by atoms with Crippen molar-refractivity contribution in [1.82, 2.24) is 5.43 Å². The van der Waals surface area contributed by atoms with E-state index in [2.05, 4.69) is 0 Å². The Morgan fingerprint density at radius 3 is 2.80 bits per heavy atom. The van der Waals surface area contributed by atoms with E-state index < -0.39 is 22.3 Å². The Morgan fingerprint density at radius 2 is 2.27 bits per heavy atom. The van der Waals surface area contributed by atoms with Crippen LogP contribution >= 0.6 is 0 Å². The number of rotatable bonds is 3. The summed E-state index contributed by atoms with van der Waals surface area (Å²) in [5.74, 6) is 3.97. The molecule has 0 aliphatic heterocycles. The van der Waals surface area contributed by atoms with Gasteiger partial charge in [-0.05, 0) is 11.6 Å². The van der Waals surface area contributed by atoms with E-state index in [9.17, 15) is 14.9 Å². The number of carbonyl (C=O) groups excluding carboxylic acids is 1. The minimum Gasteiger partial charge on any atom is -0.502 e. The van der Waals surface area contributed by atoms with Crippen LogP contribution in [-0.2, 0) is 11.2 Å². The molecule has 1 aromatic carbocycles. The third-order valence-electron chi connectivity index (χ3n) is 1.76. The Labute approximate surface area is 84.6 Å². The van der Waals surface area contributed by atoms with Gasteiger partial charge in [0.25, 0.3) is 0 Å². The highest BCUT2D eigenvalue weighted by Gasteiger charge is 2.14. The molecule has 7 heteroatoms. The molecule has 0 aliphatic rings. The van der Waals surface area contributed by atoms with Crippen molar-refractivity contribution in [2.24, 2.45) is 5.84 Å². The van der Waals surface area contributed by atoms with E-state index in [0.29, 0.717) is 5.56 Å². The van der Waals surface area contributed by atoms with Crippen molar-refractivity contribution >= 4 is 11.6 Å². The summed E-state index contributed by atoms with van der Waals surface area (Å²) in [6, 6.07) is 3.71. The van der Waals surface area contributed by atoms with Crippen molar-refractivity contribution in [3.05, 3.63) is 33.9 Å². The molecule has 0 aromatic heterocycles. The van der Waals surface area contributed by atoms with Crippen LogP contribution in [0.25, 0.3) is 0 Å². The van der Waals surface area contributed by atoms with Gasteiger partial charge in [0.1, 0.15) is 0 Å². The molecule has 0 unspecified atom stereocenters. The van der Waals surface area contributed by atoms with E-state index >= 15 is 0 Å². The third kappa shape index (κ3) is 2.64. The molecule has 0 radical (unpaired) electrons. The lowest BCUT2D eigenvalue weighted by atomic mass is 10.1. The zero-order chi connectivity index (χ0) is 11.4. The minimum atomic E-state index is -0.723. The number of hydrogen-bond donors (Lipinski definition) is 3. The second-order valence-electron chi connectivity index (χ2n) is 2.82. The zero-order valence-corrected chi connectivity index (χ0v) is 7.64. The number of carbonyl (C=O) groups is 1. The van der Waals surface area contributed by atoms with Gasteiger partial charge in [0.05, 0.1) is 11.3 Å². The fraction of sp³-hybridized carbons (Fsp3) is 0.125. The Morgan fingerprint density at radius 1 is 1.60 bits per heavy atom. The summed E-state index contributed by atoms with van der Waals surface area (Å²) < 4.78 is 0. The number of hydrogen-bond acceptors (Lipinski definition) is 5. The van der Waals surface area contributed by atoms with Crippen molar-refractivity contribution < 1.29 is 14.8 Å². The number of amides is 1. The van der Waals surface area contributed by atoms with E-state index in [0.717, 1.165) is 12.1 Å². The Hall–Kier alpha value is -2.15. The molecule has 0 atom stereocenters. The minimum absolute atomic E-state index is 0.0718. The Bertz CT molecular complexity index is 405. The molecule has 0 saturated carbocycles. The molecule has 1 aromatic rings. The lowest BCUT2D eigenvalue weighted by molar-refractivity contribution is -0.385. The molecular formula is C8H9N3O4. The van der Waals surface area contributed by atoms with Gasteiger partial charge in [-0.1, -0.05) is 6.07 Å². The molecule has 1 amide bonds. The van der Waals surface area contributed by atoms with Gasteiger partial charge < -0.3 is 5.11 Å². The van der Waals surface area contributed by atoms with E-state index in [4.69, 9.17) is 10.9 Å². The molecule has 0 bridgehead atoms. The maximum absolute atomic E-state index is 10.9. The van der Waals surface area contributed by atoms with Crippen LogP contribution in [0.5, 0.6) is 5.75 Å². The molecule has 0 fully saturated rings. The van der Waals surface area contributed by atoms with Crippen molar-refractivity contribution in [3.63, 3.8) is 0 Å². The first-order chi connectivity index (χ1) is 7.04. The van der Waals surface area contributed by atoms with E-state index in [1.54, 1.807) is 0 Å². The molecule has 15 heavy (non-hydrogen) atoms. The second-order valence-corrected chi connectivity index (χ2v) is 2.82. The number of phenols is 1. The quantitative estimate of drug-likeness (QED) is 0.277. The largest absolute Gasteiger partial charge is 0.502 e. The summed E-state index contributed by atoms with van der Waals surface area (Å²) in [5, 5.41) is 19.6. The average Bonchev–Trinajstić information content (AvgIpc) is 2.20. The first kappa shape index (κ1) is 10.9. The highest BCUT2D eigenvalue weighted by Crippen LogP contribution is 2.26. The van der Waals surface area contributed by atoms with Crippen LogP contribution in [0, 0.1) is 10.1 Å². The first-order valence-corrected chi connectivity index (χ1v) is 4.00. The number of nitro benzene ring substituents is 1. The monoisotopic (exact) mass is 211 g/mol. The highest BCUT2D eigenvalue weighted by atomic mass is 16.6. The molecule has 0 heterocycles. The van der Waals surface area contributed by atoms with Crippen LogP contribution < -0.4 is 11.3 Å². The Balaban J connectivity index is 2.97. The average molecular weight is 211 g/mol. The van der Waals surface area contributed by atoms with Crippen LogP contribution in [-0.4, -0.2) is 15.9 Å². The second kappa shape index (κ2) is 4.38. The standard InChI is InChI=1S/C8H9N3O4/c9-10-8(13)4-5-1-2-7(12)6(3-5)11(14)15/h1-3,12H,4,9H2,(H,10,13). The highest BCUT2D eigenvalue weighted by molar-refractivity contribution is 5.78. The number of nitro groups is 1. The topological polar surface area (TPSA) is 118 Å². The molecule has 0 aliphatic carbocycles. The number of aromatic hydroxyl groups is 1. The van der Waals surface area contributed by atoms with E-state index in [-0.39, 0.29) is 6.42 Å². The molecule has 7 nitrogen and oxygen atoms in total. The van der Waals surface area contributed by atoms with Crippen LogP contribution in [0.2, 0.25) is 0 Å². The molecule has 0 saturated heterocycles. The van der Waals surface area contributed by atoms with Crippen molar-refractivity contribution in [2.75, 3.05) is 0 Å². The fourth-order valence-corrected chi connectivity index (χ4v) is 1.06. The predicted molar refractivity (Wildman–Crippen MR) is 50.8 cm³/mol. The number of nitrogens with two attached hydrogens (primary N) is 1. The van der Waals surface area contributed by atoms with Crippen LogP contribution in [0.4, 0.5) is 5.69 Å². The van der Waals surface area contributed by atoms with Gasteiger partial charge in [-0.3, -0.25) is 20.3 Å². The van der Waals surface area contributed by atoms with Gasteiger partial charge >= 0.3 is 5.69 Å². The SMILES string of the molecule is NNC(=O)Cc1ccc(O)c([N+](=O)[O-])c1. The maximum Gasteiger partial charge on any atom is 0.310 e. The summed E-state index contributed by atoms with van der Waals surface area (Å²) in [7, 11) is 0.